The van der Waals surface area contributed by atoms with Crippen LogP contribution in [0.4, 0.5) is 0 Å². The van der Waals surface area contributed by atoms with E-state index in [2.05, 4.69) is 0 Å². The Labute approximate surface area is 78.9 Å². The molecule has 1 unspecified atom stereocenters. The summed E-state index contributed by atoms with van der Waals surface area (Å²) in [6.45, 7) is 0. The zero-order valence-electron chi connectivity index (χ0n) is 8.01. The monoisotopic (exact) mass is 182 g/mol. The van der Waals surface area contributed by atoms with E-state index in [1.165, 1.54) is 32.1 Å². The van der Waals surface area contributed by atoms with Crippen LogP contribution in [-0.2, 0) is 4.79 Å². The van der Waals surface area contributed by atoms with E-state index in [0.29, 0.717) is 6.42 Å². The van der Waals surface area contributed by atoms with Gasteiger partial charge in [-0.25, -0.2) is 0 Å². The number of hydrogen-bond donors (Lipinski definition) is 2. The number of carbonyl (C=O) groups excluding carboxylic acids is 1. The summed E-state index contributed by atoms with van der Waals surface area (Å²) >= 11 is 0. The lowest BCUT2D eigenvalue weighted by atomic mass is 9.52. The van der Waals surface area contributed by atoms with Crippen molar-refractivity contribution in [3.05, 3.63) is 0 Å². The van der Waals surface area contributed by atoms with Crippen LogP contribution in [-0.4, -0.2) is 11.4 Å². The smallest absolute Gasteiger partial charge is 0.219 e. The van der Waals surface area contributed by atoms with Crippen molar-refractivity contribution in [2.24, 2.45) is 16.9 Å². The first-order valence-electron chi connectivity index (χ1n) is 5.15. The minimum absolute atomic E-state index is 0.242. The molecule has 0 bridgehead atoms. The molecule has 13 heavy (non-hydrogen) atoms. The van der Waals surface area contributed by atoms with Crippen LogP contribution in [0.25, 0.3) is 0 Å². The SMILES string of the molecule is NC(=O)CC1(N)CCC12CCCC2. The number of carbonyl (C=O) groups is 1. The van der Waals surface area contributed by atoms with Gasteiger partial charge < -0.3 is 11.5 Å². The predicted octanol–water partition coefficient (Wildman–Crippen LogP) is 0.913. The van der Waals surface area contributed by atoms with E-state index in [0.717, 1.165) is 6.42 Å². The lowest BCUT2D eigenvalue weighted by molar-refractivity contribution is -0.123. The summed E-state index contributed by atoms with van der Waals surface area (Å²) in [5.41, 5.74) is 11.5. The van der Waals surface area contributed by atoms with E-state index >= 15 is 0 Å². The first-order valence-corrected chi connectivity index (χ1v) is 5.15. The zero-order chi connectivity index (χ0) is 9.53. The highest BCUT2D eigenvalue weighted by molar-refractivity contribution is 5.75. The lowest BCUT2D eigenvalue weighted by Gasteiger charge is -2.56. The van der Waals surface area contributed by atoms with Crippen LogP contribution in [0.2, 0.25) is 0 Å². The van der Waals surface area contributed by atoms with Gasteiger partial charge in [-0.15, -0.1) is 0 Å². The van der Waals surface area contributed by atoms with Crippen LogP contribution in [0.15, 0.2) is 0 Å². The molecule has 74 valence electrons. The minimum atomic E-state index is -0.255. The molecule has 4 N–H and O–H groups in total. The molecule has 2 rings (SSSR count). The molecule has 0 radical (unpaired) electrons. The Bertz CT molecular complexity index is 233. The van der Waals surface area contributed by atoms with E-state index in [9.17, 15) is 4.79 Å². The summed E-state index contributed by atoms with van der Waals surface area (Å²) in [5, 5.41) is 0. The molecule has 0 saturated heterocycles. The van der Waals surface area contributed by atoms with Crippen molar-refractivity contribution >= 4 is 5.91 Å². The van der Waals surface area contributed by atoms with E-state index in [-0.39, 0.29) is 16.9 Å². The number of hydrogen-bond acceptors (Lipinski definition) is 2. The summed E-state index contributed by atoms with van der Waals surface area (Å²) in [7, 11) is 0. The fourth-order valence-electron chi connectivity index (χ4n) is 3.19. The number of nitrogens with two attached hydrogens (primary N) is 2. The molecular weight excluding hydrogens is 164 g/mol. The predicted molar refractivity (Wildman–Crippen MR) is 50.9 cm³/mol. The van der Waals surface area contributed by atoms with Gasteiger partial charge >= 0.3 is 0 Å². The Balaban J connectivity index is 2.10. The molecule has 0 aromatic carbocycles. The molecule has 3 nitrogen and oxygen atoms in total. The van der Waals surface area contributed by atoms with Crippen LogP contribution < -0.4 is 11.5 Å². The lowest BCUT2D eigenvalue weighted by Crippen LogP contribution is -2.63. The highest BCUT2D eigenvalue weighted by Crippen LogP contribution is 2.59. The van der Waals surface area contributed by atoms with Crippen LogP contribution >= 0.6 is 0 Å². The fourth-order valence-corrected chi connectivity index (χ4v) is 3.19. The third kappa shape index (κ3) is 1.17. The number of amides is 1. The maximum atomic E-state index is 10.9. The highest BCUT2D eigenvalue weighted by Gasteiger charge is 2.57. The molecule has 3 heteroatoms. The molecular formula is C10H18N2O. The first kappa shape index (κ1) is 9.00. The number of rotatable bonds is 2. The second-order valence-corrected chi connectivity index (χ2v) is 4.79. The van der Waals surface area contributed by atoms with Crippen molar-refractivity contribution < 1.29 is 4.79 Å². The van der Waals surface area contributed by atoms with Crippen molar-refractivity contribution in [3.8, 4) is 0 Å². The van der Waals surface area contributed by atoms with E-state index in [1.807, 2.05) is 0 Å². The van der Waals surface area contributed by atoms with Gasteiger partial charge in [0.1, 0.15) is 0 Å². The zero-order valence-corrected chi connectivity index (χ0v) is 8.01. The molecule has 2 saturated carbocycles. The van der Waals surface area contributed by atoms with E-state index < -0.39 is 0 Å². The summed E-state index contributed by atoms with van der Waals surface area (Å²) < 4.78 is 0. The summed E-state index contributed by atoms with van der Waals surface area (Å²) in [4.78, 5) is 10.9. The molecule has 0 aromatic heterocycles. The third-order valence-electron chi connectivity index (χ3n) is 4.16. The minimum Gasteiger partial charge on any atom is -0.370 e. The van der Waals surface area contributed by atoms with Crippen molar-refractivity contribution in [2.75, 3.05) is 0 Å². The van der Waals surface area contributed by atoms with Gasteiger partial charge in [0.05, 0.1) is 0 Å². The van der Waals surface area contributed by atoms with Gasteiger partial charge in [0.2, 0.25) is 5.91 Å². The molecule has 2 aliphatic rings. The van der Waals surface area contributed by atoms with Gasteiger partial charge in [-0.2, -0.15) is 0 Å². The van der Waals surface area contributed by atoms with Crippen LogP contribution in [0, 0.1) is 5.41 Å². The molecule has 2 fully saturated rings. The Morgan fingerprint density at radius 3 is 2.15 bits per heavy atom. The Morgan fingerprint density at radius 2 is 1.77 bits per heavy atom. The topological polar surface area (TPSA) is 69.1 Å². The van der Waals surface area contributed by atoms with Gasteiger partial charge in [-0.3, -0.25) is 4.79 Å². The van der Waals surface area contributed by atoms with Crippen molar-refractivity contribution in [1.82, 2.24) is 0 Å². The average molecular weight is 182 g/mol. The standard InChI is InChI=1S/C10H18N2O/c11-8(13)7-10(12)6-5-9(10)3-1-2-4-9/h1-7,12H2,(H2,11,13). The molecule has 0 aromatic rings. The van der Waals surface area contributed by atoms with Crippen molar-refractivity contribution in [3.63, 3.8) is 0 Å². The Hall–Kier alpha value is -0.570. The van der Waals surface area contributed by atoms with Crippen LogP contribution in [0.1, 0.15) is 44.9 Å². The van der Waals surface area contributed by atoms with E-state index in [4.69, 9.17) is 11.5 Å². The van der Waals surface area contributed by atoms with Gasteiger partial charge in [-0.05, 0) is 31.1 Å². The van der Waals surface area contributed by atoms with Crippen molar-refractivity contribution in [2.45, 2.75) is 50.5 Å². The van der Waals surface area contributed by atoms with Gasteiger partial charge in [0, 0.05) is 12.0 Å². The van der Waals surface area contributed by atoms with Crippen LogP contribution in [0.3, 0.4) is 0 Å². The fraction of sp³-hybridized carbons (Fsp3) is 0.900. The second kappa shape index (κ2) is 2.71. The summed E-state index contributed by atoms with van der Waals surface area (Å²) in [5.74, 6) is -0.242. The highest BCUT2D eigenvalue weighted by atomic mass is 16.1. The largest absolute Gasteiger partial charge is 0.370 e. The molecule has 1 atom stereocenters. The van der Waals surface area contributed by atoms with Crippen molar-refractivity contribution in [1.29, 1.82) is 0 Å². The number of primary amides is 1. The third-order valence-corrected chi connectivity index (χ3v) is 4.16. The quantitative estimate of drug-likeness (QED) is 0.666. The first-order chi connectivity index (χ1) is 6.08. The molecule has 1 amide bonds. The summed E-state index contributed by atoms with van der Waals surface area (Å²) in [6.07, 6.45) is 7.53. The van der Waals surface area contributed by atoms with Crippen LogP contribution in [0.5, 0.6) is 0 Å². The second-order valence-electron chi connectivity index (χ2n) is 4.79. The van der Waals surface area contributed by atoms with Gasteiger partial charge in [0.25, 0.3) is 0 Å². The molecule has 0 heterocycles. The summed E-state index contributed by atoms with van der Waals surface area (Å²) in [6, 6.07) is 0. The maximum absolute atomic E-state index is 10.9. The molecule has 2 aliphatic carbocycles. The molecule has 1 spiro atoms. The van der Waals surface area contributed by atoms with E-state index in [1.54, 1.807) is 0 Å². The Morgan fingerprint density at radius 1 is 1.15 bits per heavy atom. The van der Waals surface area contributed by atoms with Gasteiger partial charge in [-0.1, -0.05) is 12.8 Å². The normalized spacial score (nSPS) is 36.1. The Kier molecular flexibility index (Phi) is 1.88. The van der Waals surface area contributed by atoms with Gasteiger partial charge in [0.15, 0.2) is 0 Å². The average Bonchev–Trinajstić information content (AvgIpc) is 2.51. The molecule has 0 aliphatic heterocycles. The maximum Gasteiger partial charge on any atom is 0.219 e.